The van der Waals surface area contributed by atoms with Crippen LogP contribution in [-0.2, 0) is 16.9 Å². The van der Waals surface area contributed by atoms with Crippen molar-refractivity contribution < 1.29 is 13.5 Å². The molecule has 1 fully saturated rings. The van der Waals surface area contributed by atoms with Crippen molar-refractivity contribution in [3.63, 3.8) is 0 Å². The maximum Gasteiger partial charge on any atom is 0.434 e. The van der Waals surface area contributed by atoms with Crippen LogP contribution in [0, 0.1) is 17.7 Å². The summed E-state index contributed by atoms with van der Waals surface area (Å²) in [6, 6.07) is 6.52. The second-order valence-corrected chi connectivity index (χ2v) is 11.7. The van der Waals surface area contributed by atoms with Gasteiger partial charge in [0.15, 0.2) is 11.2 Å². The van der Waals surface area contributed by atoms with Gasteiger partial charge in [0.25, 0.3) is 5.89 Å². The fourth-order valence-corrected chi connectivity index (χ4v) is 6.05. The van der Waals surface area contributed by atoms with E-state index in [2.05, 4.69) is 27.1 Å². The molecule has 13 heteroatoms. The van der Waals surface area contributed by atoms with Gasteiger partial charge in [-0.15, -0.1) is 5.10 Å². The molecule has 0 bridgehead atoms. The molecular formula is C29H28Cl2FN7O3. The Morgan fingerprint density at radius 3 is 2.64 bits per heavy atom. The number of aromatic nitrogens is 7. The van der Waals surface area contributed by atoms with E-state index in [0.29, 0.717) is 46.0 Å². The smallest absolute Gasteiger partial charge is 0.384 e. The minimum absolute atomic E-state index is 0.0268. The Morgan fingerprint density at radius 2 is 1.95 bits per heavy atom. The molecule has 42 heavy (non-hydrogen) atoms. The minimum atomic E-state index is -1.36. The molecule has 1 aliphatic rings. The van der Waals surface area contributed by atoms with Crippen LogP contribution in [0.4, 0.5) is 4.39 Å². The molecule has 4 heterocycles. The first-order valence-electron chi connectivity index (χ1n) is 13.6. The molecule has 0 radical (unpaired) electrons. The molecule has 1 saturated carbocycles. The number of fused-ring (bicyclic) bond motifs is 1. The number of hydrogen-bond acceptors (Lipinski definition) is 8. The third-order valence-corrected chi connectivity index (χ3v) is 8.59. The zero-order valence-corrected chi connectivity index (χ0v) is 24.7. The van der Waals surface area contributed by atoms with Crippen molar-refractivity contribution in [1.29, 1.82) is 0 Å². The predicted molar refractivity (Wildman–Crippen MR) is 156 cm³/mol. The molecule has 1 N–H and O–H groups in total. The van der Waals surface area contributed by atoms with Crippen LogP contribution in [0.15, 0.2) is 45.9 Å². The van der Waals surface area contributed by atoms with Gasteiger partial charge in [0.1, 0.15) is 22.9 Å². The average Bonchev–Trinajstić information content (AvgIpc) is 3.58. The van der Waals surface area contributed by atoms with Crippen molar-refractivity contribution in [2.45, 2.75) is 51.7 Å². The van der Waals surface area contributed by atoms with E-state index in [1.54, 1.807) is 31.3 Å². The average molecular weight is 612 g/mol. The maximum absolute atomic E-state index is 15.6. The van der Waals surface area contributed by atoms with Crippen molar-refractivity contribution in [2.75, 3.05) is 7.11 Å². The monoisotopic (exact) mass is 611 g/mol. The molecule has 0 saturated heterocycles. The predicted octanol–water partition coefficient (Wildman–Crippen LogP) is 6.41. The van der Waals surface area contributed by atoms with Crippen molar-refractivity contribution in [3.8, 4) is 23.0 Å². The molecule has 10 nitrogen and oxygen atoms in total. The maximum atomic E-state index is 15.6. The van der Waals surface area contributed by atoms with Crippen LogP contribution in [0.2, 0.25) is 10.0 Å². The fourth-order valence-electron chi connectivity index (χ4n) is 5.71. The molecule has 1 atom stereocenters. The van der Waals surface area contributed by atoms with Gasteiger partial charge < -0.3 is 13.7 Å². The first kappa shape index (κ1) is 28.4. The number of nitrogens with one attached hydrogen (secondary N) is 1. The molecule has 0 amide bonds. The first-order chi connectivity index (χ1) is 20.2. The van der Waals surface area contributed by atoms with Gasteiger partial charge in [0.05, 0.1) is 10.0 Å². The van der Waals surface area contributed by atoms with Crippen molar-refractivity contribution >= 4 is 34.4 Å². The van der Waals surface area contributed by atoms with Gasteiger partial charge in [0.2, 0.25) is 5.82 Å². The van der Waals surface area contributed by atoms with Gasteiger partial charge in [0, 0.05) is 37.2 Å². The van der Waals surface area contributed by atoms with Gasteiger partial charge in [-0.1, -0.05) is 55.1 Å². The number of aromatic amines is 1. The highest BCUT2D eigenvalue weighted by Gasteiger charge is 2.39. The number of imidazole rings is 1. The van der Waals surface area contributed by atoms with E-state index >= 15 is 4.39 Å². The Hall–Kier alpha value is -3.67. The molecule has 1 unspecified atom stereocenters. The Balaban J connectivity index is 1.66. The summed E-state index contributed by atoms with van der Waals surface area (Å²) in [5.74, 6) is -0.00763. The molecule has 5 aromatic rings. The second kappa shape index (κ2) is 11.2. The summed E-state index contributed by atoms with van der Waals surface area (Å²) in [4.78, 5) is 30.4. The number of H-pyrrole nitrogens is 1. The van der Waals surface area contributed by atoms with E-state index in [0.717, 1.165) is 25.7 Å². The first-order valence-corrected chi connectivity index (χ1v) is 14.4. The van der Waals surface area contributed by atoms with Crippen molar-refractivity contribution in [3.05, 3.63) is 74.5 Å². The lowest BCUT2D eigenvalue weighted by molar-refractivity contribution is 0.0248. The molecular weight excluding hydrogens is 584 g/mol. The van der Waals surface area contributed by atoms with Crippen LogP contribution in [0.3, 0.4) is 0 Å². The zero-order chi connectivity index (χ0) is 29.6. The Bertz CT molecular complexity index is 1830. The van der Waals surface area contributed by atoms with Gasteiger partial charge in [-0.05, 0) is 43.7 Å². The number of benzene rings is 1. The topological polar surface area (TPSA) is 125 Å². The van der Waals surface area contributed by atoms with Crippen LogP contribution in [0.25, 0.3) is 34.1 Å². The molecule has 218 valence electrons. The van der Waals surface area contributed by atoms with Crippen LogP contribution >= 0.6 is 23.2 Å². The van der Waals surface area contributed by atoms with Crippen LogP contribution < -0.4 is 5.76 Å². The van der Waals surface area contributed by atoms with Gasteiger partial charge in [-0.2, -0.15) is 0 Å². The minimum Gasteiger partial charge on any atom is -0.384 e. The van der Waals surface area contributed by atoms with E-state index < -0.39 is 17.2 Å². The Labute approximate surface area is 250 Å². The van der Waals surface area contributed by atoms with Crippen molar-refractivity contribution in [1.82, 2.24) is 34.7 Å². The van der Waals surface area contributed by atoms with E-state index in [1.807, 2.05) is 4.57 Å². The lowest BCUT2D eigenvalue weighted by atomic mass is 9.83. The summed E-state index contributed by atoms with van der Waals surface area (Å²) in [5.41, 5.74) is 0.769. The van der Waals surface area contributed by atoms with Gasteiger partial charge in [-0.3, -0.25) is 4.98 Å². The molecule has 0 spiro atoms. The molecule has 1 aromatic carbocycles. The highest BCUT2D eigenvalue weighted by atomic mass is 35.5. The zero-order valence-electron chi connectivity index (χ0n) is 23.2. The SMILES string of the molecule is COC(C)(c1cccc(Cl)c1F)c1nc2nc(-c3n[nH]c(=O)o3)nc(-c3cncc(Cl)c3)c2n1C[C@H]1CC[C@H](C)CC1. The fraction of sp³-hybridized carbons (Fsp3) is 0.379. The largest absolute Gasteiger partial charge is 0.434 e. The number of pyridine rings is 1. The summed E-state index contributed by atoms with van der Waals surface area (Å²) in [5, 5.41) is 6.53. The quantitative estimate of drug-likeness (QED) is 0.224. The molecule has 4 aromatic heterocycles. The van der Waals surface area contributed by atoms with Gasteiger partial charge in [-0.25, -0.2) is 29.2 Å². The molecule has 0 aliphatic heterocycles. The summed E-state index contributed by atoms with van der Waals surface area (Å²) in [6.45, 7) is 4.59. The highest BCUT2D eigenvalue weighted by Crippen LogP contribution is 2.41. The lowest BCUT2D eigenvalue weighted by Crippen LogP contribution is -2.32. The van der Waals surface area contributed by atoms with Crippen LogP contribution in [0.5, 0.6) is 0 Å². The standard InChI is InChI=1S/C29H28Cl2FN7O3/c1-15-7-9-16(10-8-15)14-39-23-22(17-11-18(30)13-33-12-17)34-25(26-37-38-28(40)42-26)35-24(23)36-27(39)29(2,41-3)19-5-4-6-20(31)21(19)32/h4-6,11-13,15-16H,7-10,14H2,1-3H3,(H,38,40)/t15-,16-,29?. The summed E-state index contributed by atoms with van der Waals surface area (Å²) < 4.78 is 28.8. The van der Waals surface area contributed by atoms with Crippen LogP contribution in [-0.4, -0.2) is 41.8 Å². The Morgan fingerprint density at radius 1 is 1.17 bits per heavy atom. The summed E-state index contributed by atoms with van der Waals surface area (Å²) in [6.07, 6.45) is 7.43. The van der Waals surface area contributed by atoms with E-state index in [1.165, 1.54) is 19.4 Å². The number of methoxy groups -OCH3 is 1. The number of hydrogen-bond donors (Lipinski definition) is 1. The van der Waals surface area contributed by atoms with E-state index in [-0.39, 0.29) is 27.9 Å². The summed E-state index contributed by atoms with van der Waals surface area (Å²) in [7, 11) is 1.50. The number of rotatable bonds is 7. The summed E-state index contributed by atoms with van der Waals surface area (Å²) >= 11 is 12.6. The number of nitrogens with zero attached hydrogens (tertiary/aromatic N) is 6. The third-order valence-electron chi connectivity index (χ3n) is 8.09. The molecule has 6 rings (SSSR count). The van der Waals surface area contributed by atoms with Crippen molar-refractivity contribution in [2.24, 2.45) is 11.8 Å². The number of halogens is 3. The Kier molecular flexibility index (Phi) is 7.59. The lowest BCUT2D eigenvalue weighted by Gasteiger charge is -2.32. The normalized spacial score (nSPS) is 18.8. The number of ether oxygens (including phenoxy) is 1. The highest BCUT2D eigenvalue weighted by molar-refractivity contribution is 6.31. The third kappa shape index (κ3) is 5.10. The van der Waals surface area contributed by atoms with E-state index in [9.17, 15) is 4.79 Å². The second-order valence-electron chi connectivity index (χ2n) is 10.9. The van der Waals surface area contributed by atoms with Gasteiger partial charge >= 0.3 is 5.76 Å². The van der Waals surface area contributed by atoms with E-state index in [4.69, 9.17) is 42.3 Å². The van der Waals surface area contributed by atoms with Crippen LogP contribution in [0.1, 0.15) is 50.9 Å². The molecule has 1 aliphatic carbocycles.